The molecule has 0 amide bonds. The lowest BCUT2D eigenvalue weighted by Gasteiger charge is -2.45. The molecule has 4 nitrogen and oxygen atoms in total. The van der Waals surface area contributed by atoms with E-state index in [1.807, 2.05) is 19.3 Å². The third kappa shape index (κ3) is 3.18. The van der Waals surface area contributed by atoms with Crippen molar-refractivity contribution in [3.63, 3.8) is 0 Å². The van der Waals surface area contributed by atoms with Gasteiger partial charge in [0, 0.05) is 26.8 Å². The van der Waals surface area contributed by atoms with Gasteiger partial charge in [-0.2, -0.15) is 5.10 Å². The maximum absolute atomic E-state index is 10.6. The van der Waals surface area contributed by atoms with Crippen molar-refractivity contribution in [3.8, 4) is 0 Å². The SMILES string of the molecule is COC1(C(O)Cc2ccn(C)n2)CCC(C)(C)CC1. The van der Waals surface area contributed by atoms with Crippen molar-refractivity contribution in [1.29, 1.82) is 0 Å². The van der Waals surface area contributed by atoms with Crippen molar-refractivity contribution >= 4 is 0 Å². The normalized spacial score (nSPS) is 23.2. The van der Waals surface area contributed by atoms with Gasteiger partial charge in [-0.15, -0.1) is 0 Å². The smallest absolute Gasteiger partial charge is 0.0940 e. The summed E-state index contributed by atoms with van der Waals surface area (Å²) in [7, 11) is 3.62. The van der Waals surface area contributed by atoms with Gasteiger partial charge in [0.15, 0.2) is 0 Å². The topological polar surface area (TPSA) is 47.3 Å². The Morgan fingerprint density at radius 2 is 2.00 bits per heavy atom. The average Bonchev–Trinajstić information content (AvgIpc) is 2.75. The largest absolute Gasteiger partial charge is 0.390 e. The zero-order valence-electron chi connectivity index (χ0n) is 12.5. The van der Waals surface area contributed by atoms with Crippen LogP contribution in [-0.2, 0) is 18.2 Å². The van der Waals surface area contributed by atoms with E-state index in [-0.39, 0.29) is 0 Å². The molecule has 0 bridgehead atoms. The first kappa shape index (κ1) is 14.5. The zero-order valence-corrected chi connectivity index (χ0v) is 12.5. The van der Waals surface area contributed by atoms with Crippen LogP contribution in [0, 0.1) is 5.41 Å². The first-order chi connectivity index (χ1) is 8.87. The number of hydrogen-bond donors (Lipinski definition) is 1. The van der Waals surface area contributed by atoms with E-state index in [9.17, 15) is 5.11 Å². The molecule has 1 heterocycles. The van der Waals surface area contributed by atoms with Gasteiger partial charge < -0.3 is 9.84 Å². The fourth-order valence-corrected chi connectivity index (χ4v) is 2.98. The average molecular weight is 266 g/mol. The van der Waals surface area contributed by atoms with Gasteiger partial charge in [0.2, 0.25) is 0 Å². The summed E-state index contributed by atoms with van der Waals surface area (Å²) >= 11 is 0. The Kier molecular flexibility index (Phi) is 4.02. The minimum absolute atomic E-state index is 0.368. The van der Waals surface area contributed by atoms with E-state index in [0.717, 1.165) is 31.4 Å². The van der Waals surface area contributed by atoms with Crippen LogP contribution in [0.15, 0.2) is 12.3 Å². The fraction of sp³-hybridized carbons (Fsp3) is 0.800. The van der Waals surface area contributed by atoms with Crippen molar-refractivity contribution in [2.45, 2.75) is 57.7 Å². The molecule has 0 aliphatic heterocycles. The van der Waals surface area contributed by atoms with Gasteiger partial charge in [0.05, 0.1) is 17.4 Å². The Labute approximate surface area is 115 Å². The predicted molar refractivity (Wildman–Crippen MR) is 74.9 cm³/mol. The number of aliphatic hydroxyl groups excluding tert-OH is 1. The maximum atomic E-state index is 10.6. The second kappa shape index (κ2) is 5.25. The van der Waals surface area contributed by atoms with Crippen molar-refractivity contribution in [2.24, 2.45) is 12.5 Å². The van der Waals surface area contributed by atoms with Gasteiger partial charge in [-0.3, -0.25) is 4.68 Å². The molecule has 0 radical (unpaired) electrons. The molecule has 1 unspecified atom stereocenters. The number of aliphatic hydroxyl groups is 1. The summed E-state index contributed by atoms with van der Waals surface area (Å²) in [4.78, 5) is 0. The fourth-order valence-electron chi connectivity index (χ4n) is 2.98. The van der Waals surface area contributed by atoms with Gasteiger partial charge >= 0.3 is 0 Å². The maximum Gasteiger partial charge on any atom is 0.0940 e. The van der Waals surface area contributed by atoms with Gasteiger partial charge in [0.1, 0.15) is 0 Å². The summed E-state index contributed by atoms with van der Waals surface area (Å²) in [6.45, 7) is 4.58. The van der Waals surface area contributed by atoms with Gasteiger partial charge in [0.25, 0.3) is 0 Å². The minimum Gasteiger partial charge on any atom is -0.390 e. The van der Waals surface area contributed by atoms with E-state index in [1.165, 1.54) is 0 Å². The molecule has 1 atom stereocenters. The molecule has 1 N–H and O–H groups in total. The van der Waals surface area contributed by atoms with Crippen LogP contribution >= 0.6 is 0 Å². The Morgan fingerprint density at radius 1 is 1.37 bits per heavy atom. The lowest BCUT2D eigenvalue weighted by Crippen LogP contribution is -2.49. The van der Waals surface area contributed by atoms with E-state index in [4.69, 9.17) is 4.74 Å². The highest BCUT2D eigenvalue weighted by molar-refractivity contribution is 5.05. The lowest BCUT2D eigenvalue weighted by molar-refractivity contribution is -0.135. The van der Waals surface area contributed by atoms with E-state index in [1.54, 1.807) is 11.8 Å². The van der Waals surface area contributed by atoms with Crippen LogP contribution in [0.2, 0.25) is 0 Å². The second-order valence-corrected chi connectivity index (χ2v) is 6.63. The number of nitrogens with zero attached hydrogens (tertiary/aromatic N) is 2. The molecule has 0 spiro atoms. The van der Waals surface area contributed by atoms with Crippen LogP contribution in [-0.4, -0.2) is 33.7 Å². The number of ether oxygens (including phenoxy) is 1. The van der Waals surface area contributed by atoms with E-state index in [0.29, 0.717) is 11.8 Å². The second-order valence-electron chi connectivity index (χ2n) is 6.63. The molecular weight excluding hydrogens is 240 g/mol. The summed E-state index contributed by atoms with van der Waals surface area (Å²) in [6, 6.07) is 1.96. The van der Waals surface area contributed by atoms with Gasteiger partial charge in [-0.1, -0.05) is 13.8 Å². The number of aromatic nitrogens is 2. The van der Waals surface area contributed by atoms with E-state index < -0.39 is 11.7 Å². The highest BCUT2D eigenvalue weighted by Crippen LogP contribution is 2.43. The van der Waals surface area contributed by atoms with Crippen LogP contribution in [0.4, 0.5) is 0 Å². The molecule has 1 fully saturated rings. The predicted octanol–water partition coefficient (Wildman–Crippen LogP) is 2.31. The summed E-state index contributed by atoms with van der Waals surface area (Å²) < 4.78 is 7.50. The quantitative estimate of drug-likeness (QED) is 0.909. The van der Waals surface area contributed by atoms with E-state index >= 15 is 0 Å². The van der Waals surface area contributed by atoms with Crippen molar-refractivity contribution in [2.75, 3.05) is 7.11 Å². The number of rotatable bonds is 4. The number of methoxy groups -OCH3 is 1. The Bertz CT molecular complexity index is 416. The first-order valence-electron chi connectivity index (χ1n) is 7.09. The molecule has 2 rings (SSSR count). The first-order valence-corrected chi connectivity index (χ1v) is 7.09. The molecule has 1 aliphatic rings. The molecule has 0 saturated heterocycles. The number of hydrogen-bond acceptors (Lipinski definition) is 3. The third-order valence-corrected chi connectivity index (χ3v) is 4.64. The summed E-state index contributed by atoms with van der Waals surface area (Å²) in [5, 5.41) is 14.9. The molecular formula is C15H26N2O2. The molecule has 1 aliphatic carbocycles. The van der Waals surface area contributed by atoms with Crippen molar-refractivity contribution < 1.29 is 9.84 Å². The third-order valence-electron chi connectivity index (χ3n) is 4.64. The minimum atomic E-state index is -0.483. The van der Waals surface area contributed by atoms with Crippen LogP contribution in [0.5, 0.6) is 0 Å². The Morgan fingerprint density at radius 3 is 2.47 bits per heavy atom. The van der Waals surface area contributed by atoms with Crippen LogP contribution < -0.4 is 0 Å². The lowest BCUT2D eigenvalue weighted by atomic mass is 9.68. The summed E-state index contributed by atoms with van der Waals surface area (Å²) in [5.41, 5.74) is 0.899. The Balaban J connectivity index is 2.05. The van der Waals surface area contributed by atoms with Crippen LogP contribution in [0.3, 0.4) is 0 Å². The summed E-state index contributed by atoms with van der Waals surface area (Å²) in [6.07, 6.45) is 6.03. The zero-order chi connectivity index (χ0) is 14.1. The monoisotopic (exact) mass is 266 g/mol. The van der Waals surface area contributed by atoms with Crippen LogP contribution in [0.25, 0.3) is 0 Å². The highest BCUT2D eigenvalue weighted by atomic mass is 16.5. The van der Waals surface area contributed by atoms with Crippen molar-refractivity contribution in [1.82, 2.24) is 9.78 Å². The standard InChI is InChI=1S/C15H26N2O2/c1-14(2)6-8-15(19-4,9-7-14)13(18)11-12-5-10-17(3)16-12/h5,10,13,18H,6-9,11H2,1-4H3. The van der Waals surface area contributed by atoms with E-state index in [2.05, 4.69) is 18.9 Å². The van der Waals surface area contributed by atoms with Crippen molar-refractivity contribution in [3.05, 3.63) is 18.0 Å². The number of aryl methyl sites for hydroxylation is 1. The van der Waals surface area contributed by atoms with Crippen LogP contribution in [0.1, 0.15) is 45.2 Å². The highest BCUT2D eigenvalue weighted by Gasteiger charge is 2.43. The molecule has 1 aromatic rings. The molecule has 0 aromatic carbocycles. The molecule has 19 heavy (non-hydrogen) atoms. The van der Waals surface area contributed by atoms with Gasteiger partial charge in [-0.25, -0.2) is 0 Å². The molecule has 1 aromatic heterocycles. The molecule has 1 saturated carbocycles. The molecule has 108 valence electrons. The Hall–Kier alpha value is -0.870. The molecule has 4 heteroatoms. The van der Waals surface area contributed by atoms with Gasteiger partial charge in [-0.05, 0) is 37.2 Å². The summed E-state index contributed by atoms with van der Waals surface area (Å²) in [5.74, 6) is 0.